The predicted octanol–water partition coefficient (Wildman–Crippen LogP) is 3.16. The summed E-state index contributed by atoms with van der Waals surface area (Å²) in [6.07, 6.45) is -3.88. The van der Waals surface area contributed by atoms with E-state index in [2.05, 4.69) is 4.98 Å². The van der Waals surface area contributed by atoms with E-state index in [0.29, 0.717) is 0 Å². The van der Waals surface area contributed by atoms with E-state index in [1.807, 2.05) is 0 Å². The van der Waals surface area contributed by atoms with E-state index in [1.165, 1.54) is 12.1 Å². The van der Waals surface area contributed by atoms with Crippen LogP contribution in [0.25, 0.3) is 11.3 Å². The standard InChI is InChI=1S/C14H8F3NO4/c15-14(16,17)10-4-2-1-3-8(10)11-9(13(21)22)5-7(6-18-11)12(19)20/h1-6H,(H,19,20)(H,21,22). The molecule has 0 unspecified atom stereocenters. The fourth-order valence-corrected chi connectivity index (χ4v) is 1.90. The Morgan fingerprint density at radius 1 is 1.05 bits per heavy atom. The van der Waals surface area contributed by atoms with Crippen LogP contribution in [-0.2, 0) is 6.18 Å². The van der Waals surface area contributed by atoms with E-state index in [9.17, 15) is 22.8 Å². The van der Waals surface area contributed by atoms with Crippen LogP contribution in [-0.4, -0.2) is 27.1 Å². The van der Waals surface area contributed by atoms with Crippen molar-refractivity contribution in [3.63, 3.8) is 0 Å². The number of aromatic carboxylic acids is 2. The van der Waals surface area contributed by atoms with Crippen molar-refractivity contribution in [1.82, 2.24) is 4.98 Å². The van der Waals surface area contributed by atoms with Gasteiger partial charge in [-0.1, -0.05) is 18.2 Å². The molecule has 1 aromatic carbocycles. The van der Waals surface area contributed by atoms with Gasteiger partial charge >= 0.3 is 18.1 Å². The number of benzene rings is 1. The molecule has 2 aromatic rings. The summed E-state index contributed by atoms with van der Waals surface area (Å²) in [6.45, 7) is 0. The fourth-order valence-electron chi connectivity index (χ4n) is 1.90. The number of nitrogens with zero attached hydrogens (tertiary/aromatic N) is 1. The number of carboxylic acids is 2. The predicted molar refractivity (Wildman–Crippen MR) is 68.6 cm³/mol. The van der Waals surface area contributed by atoms with Crippen LogP contribution in [0.2, 0.25) is 0 Å². The Morgan fingerprint density at radius 3 is 2.23 bits per heavy atom. The van der Waals surface area contributed by atoms with Gasteiger partial charge in [-0.25, -0.2) is 9.59 Å². The smallest absolute Gasteiger partial charge is 0.417 e. The average Bonchev–Trinajstić information content (AvgIpc) is 2.45. The maximum Gasteiger partial charge on any atom is 0.417 e. The summed E-state index contributed by atoms with van der Waals surface area (Å²) >= 11 is 0. The van der Waals surface area contributed by atoms with Gasteiger partial charge in [0.25, 0.3) is 0 Å². The molecule has 2 rings (SSSR count). The lowest BCUT2D eigenvalue weighted by atomic mass is 9.99. The number of pyridine rings is 1. The number of aromatic nitrogens is 1. The lowest BCUT2D eigenvalue weighted by Crippen LogP contribution is -2.11. The summed E-state index contributed by atoms with van der Waals surface area (Å²) in [7, 11) is 0. The summed E-state index contributed by atoms with van der Waals surface area (Å²) in [5.74, 6) is -2.99. The molecule has 8 heteroatoms. The molecule has 0 aliphatic carbocycles. The van der Waals surface area contributed by atoms with Crippen LogP contribution in [0, 0.1) is 0 Å². The molecule has 0 saturated carbocycles. The Morgan fingerprint density at radius 2 is 1.68 bits per heavy atom. The van der Waals surface area contributed by atoms with Crippen LogP contribution >= 0.6 is 0 Å². The number of halogens is 3. The van der Waals surface area contributed by atoms with Gasteiger partial charge in [0.15, 0.2) is 0 Å². The topological polar surface area (TPSA) is 87.5 Å². The zero-order valence-corrected chi connectivity index (χ0v) is 10.8. The second kappa shape index (κ2) is 5.47. The SMILES string of the molecule is O=C(O)c1cnc(-c2ccccc2C(F)(F)F)c(C(=O)O)c1. The molecule has 2 N–H and O–H groups in total. The zero-order valence-electron chi connectivity index (χ0n) is 10.8. The van der Waals surface area contributed by atoms with Crippen LogP contribution in [0.15, 0.2) is 36.5 Å². The average molecular weight is 311 g/mol. The lowest BCUT2D eigenvalue weighted by molar-refractivity contribution is -0.137. The van der Waals surface area contributed by atoms with Crippen molar-refractivity contribution in [2.24, 2.45) is 0 Å². The molecule has 0 bridgehead atoms. The highest BCUT2D eigenvalue weighted by molar-refractivity contribution is 5.98. The third-order valence-corrected chi connectivity index (χ3v) is 2.85. The van der Waals surface area contributed by atoms with Gasteiger partial charge in [0, 0.05) is 11.8 Å². The molecule has 114 valence electrons. The fraction of sp³-hybridized carbons (Fsp3) is 0.0714. The minimum absolute atomic E-state index is 0.425. The van der Waals surface area contributed by atoms with E-state index < -0.39 is 46.1 Å². The third kappa shape index (κ3) is 2.90. The van der Waals surface area contributed by atoms with Gasteiger partial charge in [0.2, 0.25) is 0 Å². The molecule has 0 aliphatic rings. The van der Waals surface area contributed by atoms with Crippen molar-refractivity contribution < 1.29 is 33.0 Å². The van der Waals surface area contributed by atoms with Crippen molar-refractivity contribution >= 4 is 11.9 Å². The van der Waals surface area contributed by atoms with E-state index in [0.717, 1.165) is 24.4 Å². The van der Waals surface area contributed by atoms with Crippen LogP contribution in [0.4, 0.5) is 13.2 Å². The minimum Gasteiger partial charge on any atom is -0.478 e. The Labute approximate surface area is 121 Å². The molecule has 0 atom stereocenters. The van der Waals surface area contributed by atoms with Gasteiger partial charge in [-0.2, -0.15) is 13.2 Å². The number of hydrogen-bond acceptors (Lipinski definition) is 3. The van der Waals surface area contributed by atoms with Crippen molar-refractivity contribution in [3.05, 3.63) is 53.2 Å². The first kappa shape index (κ1) is 15.5. The molecule has 0 aliphatic heterocycles. The maximum absolute atomic E-state index is 13.0. The minimum atomic E-state index is -4.69. The highest BCUT2D eigenvalue weighted by Crippen LogP contribution is 2.37. The Balaban J connectivity index is 2.73. The maximum atomic E-state index is 13.0. The molecule has 0 amide bonds. The summed E-state index contributed by atoms with van der Waals surface area (Å²) in [6, 6.07) is 5.13. The van der Waals surface area contributed by atoms with Gasteiger partial charge in [0.05, 0.1) is 22.4 Å². The monoisotopic (exact) mass is 311 g/mol. The molecule has 5 nitrogen and oxygen atoms in total. The molecular formula is C14H8F3NO4. The summed E-state index contributed by atoms with van der Waals surface area (Å²) in [4.78, 5) is 25.7. The van der Waals surface area contributed by atoms with Crippen LogP contribution in [0.3, 0.4) is 0 Å². The van der Waals surface area contributed by atoms with Crippen molar-refractivity contribution in [3.8, 4) is 11.3 Å². The molecule has 1 aromatic heterocycles. The van der Waals surface area contributed by atoms with Crippen molar-refractivity contribution in [2.45, 2.75) is 6.18 Å². The van der Waals surface area contributed by atoms with E-state index in [-0.39, 0.29) is 0 Å². The number of carbonyl (C=O) groups is 2. The van der Waals surface area contributed by atoms with Gasteiger partial charge < -0.3 is 10.2 Å². The largest absolute Gasteiger partial charge is 0.478 e. The first-order valence-corrected chi connectivity index (χ1v) is 5.85. The number of carboxylic acid groups (broad SMARTS) is 2. The van der Waals surface area contributed by atoms with Crippen LogP contribution < -0.4 is 0 Å². The Hall–Kier alpha value is -2.90. The summed E-state index contributed by atoms with van der Waals surface area (Å²) < 4.78 is 39.0. The van der Waals surface area contributed by atoms with Gasteiger partial charge in [-0.15, -0.1) is 0 Å². The zero-order chi connectivity index (χ0) is 16.5. The van der Waals surface area contributed by atoms with E-state index in [1.54, 1.807) is 0 Å². The summed E-state index contributed by atoms with van der Waals surface area (Å²) in [5, 5.41) is 17.9. The van der Waals surface area contributed by atoms with Crippen molar-refractivity contribution in [2.75, 3.05) is 0 Å². The Kier molecular flexibility index (Phi) is 3.85. The van der Waals surface area contributed by atoms with Crippen LogP contribution in [0.1, 0.15) is 26.3 Å². The number of alkyl halides is 3. The van der Waals surface area contributed by atoms with E-state index >= 15 is 0 Å². The van der Waals surface area contributed by atoms with Gasteiger partial charge in [-0.3, -0.25) is 4.98 Å². The third-order valence-electron chi connectivity index (χ3n) is 2.85. The molecule has 0 fully saturated rings. The molecule has 0 spiro atoms. The van der Waals surface area contributed by atoms with Crippen molar-refractivity contribution in [1.29, 1.82) is 0 Å². The second-order valence-electron chi connectivity index (χ2n) is 4.27. The highest BCUT2D eigenvalue weighted by Gasteiger charge is 2.34. The Bertz CT molecular complexity index is 756. The lowest BCUT2D eigenvalue weighted by Gasteiger charge is -2.13. The molecular weight excluding hydrogens is 303 g/mol. The molecule has 22 heavy (non-hydrogen) atoms. The quantitative estimate of drug-likeness (QED) is 0.909. The second-order valence-corrected chi connectivity index (χ2v) is 4.27. The number of hydrogen-bond donors (Lipinski definition) is 2. The van der Waals surface area contributed by atoms with E-state index in [4.69, 9.17) is 10.2 Å². The van der Waals surface area contributed by atoms with Gasteiger partial charge in [-0.05, 0) is 12.1 Å². The van der Waals surface area contributed by atoms with Gasteiger partial charge in [0.1, 0.15) is 0 Å². The normalized spacial score (nSPS) is 11.2. The highest BCUT2D eigenvalue weighted by atomic mass is 19.4. The number of rotatable bonds is 3. The summed E-state index contributed by atoms with van der Waals surface area (Å²) in [5.41, 5.74) is -2.95. The first-order chi connectivity index (χ1) is 10.2. The molecule has 0 saturated heterocycles. The molecule has 1 heterocycles. The van der Waals surface area contributed by atoms with Crippen LogP contribution in [0.5, 0.6) is 0 Å². The first-order valence-electron chi connectivity index (χ1n) is 5.85. The molecule has 0 radical (unpaired) electrons.